The predicted octanol–water partition coefficient (Wildman–Crippen LogP) is 3.27. The van der Waals surface area contributed by atoms with E-state index in [1.807, 2.05) is 30.3 Å². The van der Waals surface area contributed by atoms with Gasteiger partial charge in [0.25, 0.3) is 0 Å². The average Bonchev–Trinajstić information content (AvgIpc) is 3.37. The third kappa shape index (κ3) is 1.93. The Morgan fingerprint density at radius 3 is 2.38 bits per heavy atom. The van der Waals surface area contributed by atoms with Crippen LogP contribution in [0.15, 0.2) is 45.3 Å². The molecule has 21 heavy (non-hydrogen) atoms. The number of anilines is 1. The monoisotopic (exact) mass is 278 g/mol. The molecular weight excluding hydrogens is 260 g/mol. The van der Waals surface area contributed by atoms with Crippen molar-refractivity contribution in [1.82, 2.24) is 0 Å². The van der Waals surface area contributed by atoms with Gasteiger partial charge in [-0.1, -0.05) is 18.2 Å². The number of benzene rings is 1. The van der Waals surface area contributed by atoms with Gasteiger partial charge in [-0.2, -0.15) is 4.99 Å². The molecule has 0 aromatic heterocycles. The van der Waals surface area contributed by atoms with Crippen LogP contribution in [0.25, 0.3) is 0 Å². The Labute approximate surface area is 124 Å². The fraction of sp³-hybridized carbons (Fsp3) is 0.471. The maximum atomic E-state index is 4.79. The normalized spacial score (nSPS) is 28.3. The quantitative estimate of drug-likeness (QED) is 0.622. The van der Waals surface area contributed by atoms with E-state index in [-0.39, 0.29) is 0 Å². The molecule has 1 aromatic rings. The van der Waals surface area contributed by atoms with Crippen LogP contribution in [0.5, 0.6) is 0 Å². The Balaban J connectivity index is 1.43. The second-order valence-electron chi connectivity index (χ2n) is 6.86. The van der Waals surface area contributed by atoms with Gasteiger partial charge >= 0.3 is 0 Å². The topological polar surface area (TPSA) is 49.1 Å². The molecule has 4 aliphatic rings. The molecule has 0 amide bonds. The highest BCUT2D eigenvalue weighted by Gasteiger charge is 2.60. The Kier molecular flexibility index (Phi) is 2.12. The summed E-state index contributed by atoms with van der Waals surface area (Å²) in [6.07, 6.45) is 6.29. The van der Waals surface area contributed by atoms with Gasteiger partial charge in [0.1, 0.15) is 5.84 Å². The first-order valence-corrected chi connectivity index (χ1v) is 7.82. The van der Waals surface area contributed by atoms with E-state index in [9.17, 15) is 0 Å². The van der Waals surface area contributed by atoms with Crippen LogP contribution in [0, 0.1) is 10.8 Å². The molecule has 4 nitrogen and oxygen atoms in total. The highest BCUT2D eigenvalue weighted by Crippen LogP contribution is 2.63. The fourth-order valence-electron chi connectivity index (χ4n) is 3.07. The molecule has 0 saturated heterocycles. The van der Waals surface area contributed by atoms with Crippen LogP contribution in [-0.4, -0.2) is 24.1 Å². The molecule has 106 valence electrons. The highest BCUT2D eigenvalue weighted by molar-refractivity contribution is 6.17. The van der Waals surface area contributed by atoms with Crippen LogP contribution in [0.3, 0.4) is 0 Å². The van der Waals surface area contributed by atoms with Crippen LogP contribution >= 0.6 is 0 Å². The molecule has 0 bridgehead atoms. The second kappa shape index (κ2) is 3.81. The van der Waals surface area contributed by atoms with Crippen LogP contribution in [0.2, 0.25) is 0 Å². The summed E-state index contributed by atoms with van der Waals surface area (Å²) in [6.45, 7) is 0.963. The van der Waals surface area contributed by atoms with Crippen molar-refractivity contribution in [2.45, 2.75) is 32.1 Å². The van der Waals surface area contributed by atoms with Gasteiger partial charge in [0, 0.05) is 22.2 Å². The van der Waals surface area contributed by atoms with Gasteiger partial charge in [-0.3, -0.25) is 4.99 Å². The Morgan fingerprint density at radius 1 is 1.05 bits per heavy atom. The number of rotatable bonds is 1. The zero-order valence-corrected chi connectivity index (χ0v) is 12.0. The van der Waals surface area contributed by atoms with E-state index in [1.54, 1.807) is 0 Å². The van der Waals surface area contributed by atoms with E-state index in [2.05, 4.69) is 10.3 Å². The van der Waals surface area contributed by atoms with E-state index in [0.29, 0.717) is 10.8 Å². The lowest BCUT2D eigenvalue weighted by Crippen LogP contribution is -2.29. The molecule has 1 heterocycles. The summed E-state index contributed by atoms with van der Waals surface area (Å²) < 4.78 is 0. The molecule has 0 atom stereocenters. The Hall–Kier alpha value is -1.97. The first kappa shape index (κ1) is 11.7. The Bertz CT molecular complexity index is 691. The Morgan fingerprint density at radius 2 is 1.81 bits per heavy atom. The fourth-order valence-corrected chi connectivity index (χ4v) is 3.07. The molecular formula is C17H18N4. The third-order valence-electron chi connectivity index (χ3n) is 5.19. The summed E-state index contributed by atoms with van der Waals surface area (Å²) in [5.74, 6) is 1.74. The number of nitrogens with zero attached hydrogens (tertiary/aromatic N) is 3. The van der Waals surface area contributed by atoms with Crippen molar-refractivity contribution in [3.63, 3.8) is 0 Å². The van der Waals surface area contributed by atoms with Gasteiger partial charge < -0.3 is 5.32 Å². The highest BCUT2D eigenvalue weighted by atomic mass is 15.2. The van der Waals surface area contributed by atoms with E-state index < -0.39 is 0 Å². The minimum atomic E-state index is 0.324. The lowest BCUT2D eigenvalue weighted by atomic mass is 10.0. The third-order valence-corrected chi connectivity index (χ3v) is 5.19. The molecule has 0 unspecified atom stereocenters. The zero-order chi connectivity index (χ0) is 13.9. The number of para-hydroxylation sites is 1. The molecule has 3 fully saturated rings. The van der Waals surface area contributed by atoms with Crippen LogP contribution in [-0.2, 0) is 0 Å². The van der Waals surface area contributed by atoms with Crippen molar-refractivity contribution < 1.29 is 0 Å². The summed E-state index contributed by atoms with van der Waals surface area (Å²) >= 11 is 0. The first-order valence-electron chi connectivity index (χ1n) is 7.82. The van der Waals surface area contributed by atoms with E-state index in [0.717, 1.165) is 24.0 Å². The number of hydrogen-bond acceptors (Lipinski definition) is 2. The summed E-state index contributed by atoms with van der Waals surface area (Å²) in [5, 5.41) is 3.36. The summed E-state index contributed by atoms with van der Waals surface area (Å²) in [7, 11) is 0. The molecule has 1 aromatic carbocycles. The number of nitrogens with one attached hydrogen (secondary N) is 1. The molecule has 2 spiro atoms. The maximum Gasteiger partial charge on any atom is 0.228 e. The van der Waals surface area contributed by atoms with Crippen molar-refractivity contribution in [2.24, 2.45) is 25.8 Å². The van der Waals surface area contributed by atoms with E-state index in [4.69, 9.17) is 9.98 Å². The SMILES string of the molecule is c1ccc(NC(=NC2=NCC23CC3)N=C2CC23CC3)cc1. The van der Waals surface area contributed by atoms with Gasteiger partial charge in [0.15, 0.2) is 0 Å². The molecule has 3 saturated carbocycles. The van der Waals surface area contributed by atoms with Crippen molar-refractivity contribution >= 4 is 23.2 Å². The van der Waals surface area contributed by atoms with E-state index >= 15 is 0 Å². The minimum absolute atomic E-state index is 0.324. The smallest absolute Gasteiger partial charge is 0.228 e. The largest absolute Gasteiger partial charge is 0.324 e. The summed E-state index contributed by atoms with van der Waals surface area (Å²) in [5.41, 5.74) is 3.17. The lowest BCUT2D eigenvalue weighted by molar-refractivity contribution is 0.634. The molecule has 4 heteroatoms. The maximum absolute atomic E-state index is 4.79. The van der Waals surface area contributed by atoms with Crippen molar-refractivity contribution in [3.05, 3.63) is 30.3 Å². The molecule has 0 radical (unpaired) electrons. The average molecular weight is 278 g/mol. The molecule has 5 rings (SSSR count). The minimum Gasteiger partial charge on any atom is -0.324 e. The van der Waals surface area contributed by atoms with Crippen LogP contribution < -0.4 is 5.32 Å². The van der Waals surface area contributed by atoms with Gasteiger partial charge in [-0.15, -0.1) is 0 Å². The van der Waals surface area contributed by atoms with Gasteiger partial charge in [0.2, 0.25) is 5.96 Å². The standard InChI is InChI=1S/C17H18N4/c1-2-4-12(5-3-1)19-15(20-13-10-16(13)6-7-16)21-14-17(8-9-17)11-18-14/h1-5H,6-11H2,(H,18,19,21). The van der Waals surface area contributed by atoms with Crippen molar-refractivity contribution in [3.8, 4) is 0 Å². The predicted molar refractivity (Wildman–Crippen MR) is 85.2 cm³/mol. The van der Waals surface area contributed by atoms with Gasteiger partial charge in [-0.25, -0.2) is 4.99 Å². The number of hydrogen-bond donors (Lipinski definition) is 1. The van der Waals surface area contributed by atoms with E-state index in [1.165, 1.54) is 37.8 Å². The van der Waals surface area contributed by atoms with Gasteiger partial charge in [0.05, 0.1) is 6.54 Å². The van der Waals surface area contributed by atoms with Gasteiger partial charge in [-0.05, 0) is 44.2 Å². The van der Waals surface area contributed by atoms with Crippen LogP contribution in [0.1, 0.15) is 32.1 Å². The van der Waals surface area contributed by atoms with Crippen molar-refractivity contribution in [2.75, 3.05) is 11.9 Å². The number of aliphatic imine (C=N–C) groups is 3. The van der Waals surface area contributed by atoms with Crippen molar-refractivity contribution in [1.29, 1.82) is 0 Å². The zero-order valence-electron chi connectivity index (χ0n) is 12.0. The lowest BCUT2D eigenvalue weighted by Gasteiger charge is -2.21. The van der Waals surface area contributed by atoms with Crippen LogP contribution in [0.4, 0.5) is 5.69 Å². The first-order chi connectivity index (χ1) is 10.3. The number of guanidine groups is 1. The summed E-state index contributed by atoms with van der Waals surface area (Å²) in [4.78, 5) is 14.0. The second-order valence-corrected chi connectivity index (χ2v) is 6.86. The summed E-state index contributed by atoms with van der Waals surface area (Å²) in [6, 6.07) is 10.2. The molecule has 3 aliphatic carbocycles. The molecule has 1 N–H and O–H groups in total. The number of amidine groups is 1. The molecule has 1 aliphatic heterocycles.